The van der Waals surface area contributed by atoms with Gasteiger partial charge in [-0.05, 0) is 41.8 Å². The third-order valence-electron chi connectivity index (χ3n) is 4.97. The highest BCUT2D eigenvalue weighted by atomic mass is 16.5. The van der Waals surface area contributed by atoms with Gasteiger partial charge in [-0.25, -0.2) is 4.79 Å². The van der Waals surface area contributed by atoms with Crippen molar-refractivity contribution < 1.29 is 24.0 Å². The number of amides is 1. The number of benzene rings is 3. The lowest BCUT2D eigenvalue weighted by atomic mass is 9.72. The van der Waals surface area contributed by atoms with Crippen molar-refractivity contribution in [3.63, 3.8) is 0 Å². The molecule has 146 valence electrons. The molecule has 0 saturated heterocycles. The molecule has 0 radical (unpaired) electrons. The zero-order valence-corrected chi connectivity index (χ0v) is 15.9. The summed E-state index contributed by atoms with van der Waals surface area (Å²) >= 11 is 0. The summed E-state index contributed by atoms with van der Waals surface area (Å²) in [6.45, 7) is 1.97. The van der Waals surface area contributed by atoms with E-state index in [1.165, 1.54) is 0 Å². The molecule has 2 N–H and O–H groups in total. The minimum atomic E-state index is -1.28. The monoisotopic (exact) mass is 389 g/mol. The van der Waals surface area contributed by atoms with E-state index in [2.05, 4.69) is 5.32 Å². The van der Waals surface area contributed by atoms with Crippen LogP contribution in [-0.4, -0.2) is 36.6 Å². The fourth-order valence-electron chi connectivity index (χ4n) is 3.59. The van der Waals surface area contributed by atoms with E-state index in [1.807, 2.05) is 36.4 Å². The van der Waals surface area contributed by atoms with Crippen LogP contribution >= 0.6 is 0 Å². The fourth-order valence-corrected chi connectivity index (χ4v) is 3.59. The second-order valence-corrected chi connectivity index (χ2v) is 6.83. The molecule has 0 bridgehead atoms. The Hall–Kier alpha value is -3.32. The lowest BCUT2D eigenvalue weighted by Crippen LogP contribution is -2.53. The summed E-state index contributed by atoms with van der Waals surface area (Å²) in [4.78, 5) is 25.0. The molecule has 0 unspecified atom stereocenters. The average Bonchev–Trinajstić information content (AvgIpc) is 2.73. The number of hydrogen-bond acceptors (Lipinski definition) is 5. The van der Waals surface area contributed by atoms with Crippen LogP contribution in [0.1, 0.15) is 33.2 Å². The predicted molar refractivity (Wildman–Crippen MR) is 110 cm³/mol. The van der Waals surface area contributed by atoms with Gasteiger partial charge in [-0.3, -0.25) is 4.79 Å². The topological polar surface area (TPSA) is 84.9 Å². The van der Waals surface area contributed by atoms with Crippen molar-refractivity contribution in [1.29, 1.82) is 0 Å². The van der Waals surface area contributed by atoms with Crippen LogP contribution in [0.5, 0.6) is 5.75 Å². The van der Waals surface area contributed by atoms with Gasteiger partial charge in [0.05, 0.1) is 12.5 Å². The number of ether oxygens (including phenoxy) is 1. The lowest BCUT2D eigenvalue weighted by Gasteiger charge is -2.29. The first kappa shape index (κ1) is 19.0. The Morgan fingerprint density at radius 1 is 1.10 bits per heavy atom. The zero-order valence-electron chi connectivity index (χ0n) is 15.9. The number of para-hydroxylation sites is 1. The summed E-state index contributed by atoms with van der Waals surface area (Å²) < 4.78 is 10.7. The third kappa shape index (κ3) is 3.69. The van der Waals surface area contributed by atoms with Crippen LogP contribution in [0.15, 0.2) is 60.7 Å². The summed E-state index contributed by atoms with van der Waals surface area (Å²) in [6, 6.07) is 18.3. The van der Waals surface area contributed by atoms with Crippen molar-refractivity contribution in [2.24, 2.45) is 0 Å². The largest absolute Gasteiger partial charge is 0.547 e. The van der Waals surface area contributed by atoms with Gasteiger partial charge in [0.1, 0.15) is 11.3 Å². The molecule has 0 spiro atoms. The fraction of sp³-hybridized carbons (Fsp3) is 0.182. The minimum Gasteiger partial charge on any atom is -0.534 e. The first-order valence-corrected chi connectivity index (χ1v) is 9.51. The van der Waals surface area contributed by atoms with Crippen molar-refractivity contribution in [3.8, 4) is 5.75 Å². The first-order chi connectivity index (χ1) is 14.1. The van der Waals surface area contributed by atoms with E-state index in [1.54, 1.807) is 31.2 Å². The summed E-state index contributed by atoms with van der Waals surface area (Å²) in [5, 5.41) is 15.1. The SMILES string of the molecule is CCOC(=O)c1cccc2c1OB(O)[C@@H](NC(=O)c1cccc3ccccc13)C2. The van der Waals surface area contributed by atoms with Crippen LogP contribution in [0.3, 0.4) is 0 Å². The maximum absolute atomic E-state index is 12.9. The minimum absolute atomic E-state index is 0.245. The van der Waals surface area contributed by atoms with Crippen LogP contribution in [0, 0.1) is 0 Å². The van der Waals surface area contributed by atoms with Gasteiger partial charge in [0.15, 0.2) is 0 Å². The van der Waals surface area contributed by atoms with Crippen LogP contribution in [0.2, 0.25) is 0 Å². The Kier molecular flexibility index (Phi) is 5.23. The second-order valence-electron chi connectivity index (χ2n) is 6.83. The Morgan fingerprint density at radius 3 is 2.66 bits per heavy atom. The molecule has 3 aromatic carbocycles. The summed E-state index contributed by atoms with van der Waals surface area (Å²) in [7, 11) is -1.28. The molecule has 3 aromatic rings. The molecular weight excluding hydrogens is 369 g/mol. The van der Waals surface area contributed by atoms with Crippen molar-refractivity contribution in [1.82, 2.24) is 5.32 Å². The maximum Gasteiger partial charge on any atom is 0.547 e. The van der Waals surface area contributed by atoms with Gasteiger partial charge in [-0.2, -0.15) is 0 Å². The zero-order chi connectivity index (χ0) is 20.4. The molecule has 6 nitrogen and oxygen atoms in total. The molecule has 29 heavy (non-hydrogen) atoms. The van der Waals surface area contributed by atoms with E-state index in [9.17, 15) is 14.6 Å². The number of nitrogens with one attached hydrogen (secondary N) is 1. The molecule has 0 aromatic heterocycles. The third-order valence-corrected chi connectivity index (χ3v) is 4.97. The van der Waals surface area contributed by atoms with Gasteiger partial charge in [0.2, 0.25) is 0 Å². The number of hydrogen-bond donors (Lipinski definition) is 2. The van der Waals surface area contributed by atoms with Crippen LogP contribution in [-0.2, 0) is 11.2 Å². The second kappa shape index (κ2) is 7.97. The van der Waals surface area contributed by atoms with Crippen molar-refractivity contribution in [2.45, 2.75) is 19.3 Å². The number of carbonyl (C=O) groups is 2. The number of rotatable bonds is 4. The Labute approximate surface area is 168 Å². The molecule has 0 saturated carbocycles. The molecular formula is C22H20BNO5. The Balaban J connectivity index is 1.58. The van der Waals surface area contributed by atoms with Gasteiger partial charge in [-0.15, -0.1) is 0 Å². The van der Waals surface area contributed by atoms with Gasteiger partial charge >= 0.3 is 13.1 Å². The number of carbonyl (C=O) groups excluding carboxylic acids is 2. The van der Waals surface area contributed by atoms with Gasteiger partial charge in [0, 0.05) is 5.56 Å². The molecule has 1 aliphatic heterocycles. The van der Waals surface area contributed by atoms with Crippen LogP contribution in [0.25, 0.3) is 10.8 Å². The van der Waals surface area contributed by atoms with Crippen molar-refractivity contribution >= 4 is 29.8 Å². The van der Waals surface area contributed by atoms with Crippen molar-refractivity contribution in [3.05, 3.63) is 77.4 Å². The molecule has 1 heterocycles. The number of fused-ring (bicyclic) bond motifs is 2. The normalized spacial score (nSPS) is 15.4. The Bertz CT molecular complexity index is 1080. The number of esters is 1. The molecule has 1 atom stereocenters. The standard InChI is InChI=1S/C22H20BNO5/c1-2-28-22(26)18-12-6-9-15-13-19(23(27)29-20(15)18)24-21(25)17-11-5-8-14-7-3-4-10-16(14)17/h3-12,19,27H,2,13H2,1H3,(H,24,25)/t19-/m0/s1. The molecule has 7 heteroatoms. The summed E-state index contributed by atoms with van der Waals surface area (Å²) in [6.07, 6.45) is 0.334. The van der Waals surface area contributed by atoms with E-state index in [0.717, 1.165) is 16.3 Å². The lowest BCUT2D eigenvalue weighted by molar-refractivity contribution is 0.0523. The molecule has 0 aliphatic carbocycles. The van der Waals surface area contributed by atoms with Gasteiger partial charge in [0.25, 0.3) is 5.91 Å². The average molecular weight is 389 g/mol. The van der Waals surface area contributed by atoms with E-state index >= 15 is 0 Å². The van der Waals surface area contributed by atoms with Crippen LogP contribution in [0.4, 0.5) is 0 Å². The van der Waals surface area contributed by atoms with E-state index in [-0.39, 0.29) is 18.1 Å². The molecule has 1 aliphatic rings. The smallest absolute Gasteiger partial charge is 0.534 e. The molecule has 4 rings (SSSR count). The first-order valence-electron chi connectivity index (χ1n) is 9.51. The molecule has 1 amide bonds. The van der Waals surface area contributed by atoms with Gasteiger partial charge < -0.3 is 19.7 Å². The van der Waals surface area contributed by atoms with E-state index in [0.29, 0.717) is 17.7 Å². The van der Waals surface area contributed by atoms with E-state index < -0.39 is 19.0 Å². The van der Waals surface area contributed by atoms with Crippen LogP contribution < -0.4 is 9.97 Å². The van der Waals surface area contributed by atoms with E-state index in [4.69, 9.17) is 9.39 Å². The summed E-state index contributed by atoms with van der Waals surface area (Å²) in [5.41, 5.74) is 1.52. The van der Waals surface area contributed by atoms with Crippen molar-refractivity contribution in [2.75, 3.05) is 6.61 Å². The highest BCUT2D eigenvalue weighted by molar-refractivity contribution is 6.47. The highest BCUT2D eigenvalue weighted by Gasteiger charge is 2.38. The predicted octanol–water partition coefficient (Wildman–Crippen LogP) is 2.77. The summed E-state index contributed by atoms with van der Waals surface area (Å²) in [5.74, 6) is -1.14. The molecule has 0 fully saturated rings. The highest BCUT2D eigenvalue weighted by Crippen LogP contribution is 2.31. The maximum atomic E-state index is 12.9. The Morgan fingerprint density at radius 2 is 1.83 bits per heavy atom. The van der Waals surface area contributed by atoms with Gasteiger partial charge in [-0.1, -0.05) is 48.5 Å². The quantitative estimate of drug-likeness (QED) is 0.530.